The maximum atomic E-state index is 12.7. The van der Waals surface area contributed by atoms with Crippen LogP contribution in [0, 0.1) is 0 Å². The van der Waals surface area contributed by atoms with Crippen molar-refractivity contribution < 1.29 is 14.3 Å². The van der Waals surface area contributed by atoms with Gasteiger partial charge in [-0.25, -0.2) is 0 Å². The second-order valence-electron chi connectivity index (χ2n) is 6.92. The zero-order chi connectivity index (χ0) is 20.6. The van der Waals surface area contributed by atoms with Crippen LogP contribution in [0.2, 0.25) is 0 Å². The second kappa shape index (κ2) is 10.0. The van der Waals surface area contributed by atoms with E-state index in [2.05, 4.69) is 20.9 Å². The minimum atomic E-state index is -0.151. The van der Waals surface area contributed by atoms with Gasteiger partial charge in [0.2, 0.25) is 5.91 Å². The van der Waals surface area contributed by atoms with E-state index >= 15 is 0 Å². The topological polar surface area (TPSA) is 82.7 Å². The molecule has 2 aromatic carbocycles. The van der Waals surface area contributed by atoms with Crippen LogP contribution in [0.25, 0.3) is 0 Å². The zero-order valence-electron chi connectivity index (χ0n) is 16.9. The maximum Gasteiger partial charge on any atom is 0.251 e. The van der Waals surface area contributed by atoms with Gasteiger partial charge >= 0.3 is 0 Å². The van der Waals surface area contributed by atoms with Crippen molar-refractivity contribution in [2.45, 2.75) is 13.0 Å². The highest BCUT2D eigenvalue weighted by atomic mass is 16.5. The van der Waals surface area contributed by atoms with E-state index < -0.39 is 0 Å². The highest BCUT2D eigenvalue weighted by Gasteiger charge is 2.27. The summed E-state index contributed by atoms with van der Waals surface area (Å²) in [5.41, 5.74) is 2.20. The Labute approximate surface area is 171 Å². The molecule has 0 aliphatic carbocycles. The molecule has 1 saturated heterocycles. The van der Waals surface area contributed by atoms with Crippen LogP contribution in [-0.2, 0) is 4.79 Å². The molecule has 1 aliphatic heterocycles. The molecule has 3 N–H and O–H groups in total. The van der Waals surface area contributed by atoms with Crippen molar-refractivity contribution in [3.63, 3.8) is 0 Å². The van der Waals surface area contributed by atoms with Crippen molar-refractivity contribution in [2.24, 2.45) is 0 Å². The fraction of sp³-hybridized carbons (Fsp3) is 0.364. The standard InChI is InChI=1S/C22H28N4O3/c1-3-24-22(28)16-7-6-8-17(13-16)25-21(27)15-26-12-11-23-14-19(26)18-9-4-5-10-20(18)29-2/h4-10,13,19,23H,3,11-12,14-15H2,1-2H3,(H,24,28)(H,25,27). The predicted octanol–water partition coefficient (Wildman–Crippen LogP) is 2.03. The lowest BCUT2D eigenvalue weighted by molar-refractivity contribution is -0.118. The molecule has 29 heavy (non-hydrogen) atoms. The van der Waals surface area contributed by atoms with Gasteiger partial charge < -0.3 is 20.7 Å². The van der Waals surface area contributed by atoms with Gasteiger partial charge in [0.05, 0.1) is 19.7 Å². The van der Waals surface area contributed by atoms with E-state index in [0.29, 0.717) is 17.8 Å². The Balaban J connectivity index is 1.69. The summed E-state index contributed by atoms with van der Waals surface area (Å²) < 4.78 is 5.51. The van der Waals surface area contributed by atoms with Crippen LogP contribution in [-0.4, -0.2) is 56.5 Å². The van der Waals surface area contributed by atoms with Crippen molar-refractivity contribution in [1.82, 2.24) is 15.5 Å². The third kappa shape index (κ3) is 5.34. The molecule has 7 heteroatoms. The number of methoxy groups -OCH3 is 1. The van der Waals surface area contributed by atoms with E-state index in [1.54, 1.807) is 31.4 Å². The molecule has 0 radical (unpaired) electrons. The number of anilines is 1. The molecule has 0 aromatic heterocycles. The molecular formula is C22H28N4O3. The predicted molar refractivity (Wildman–Crippen MR) is 113 cm³/mol. The quantitative estimate of drug-likeness (QED) is 0.667. The largest absolute Gasteiger partial charge is 0.496 e. The number of amides is 2. The molecule has 1 unspecified atom stereocenters. The van der Waals surface area contributed by atoms with E-state index in [0.717, 1.165) is 30.9 Å². The third-order valence-electron chi connectivity index (χ3n) is 4.94. The minimum Gasteiger partial charge on any atom is -0.496 e. The minimum absolute atomic E-state index is 0.0484. The molecule has 0 bridgehead atoms. The number of hydrogen-bond donors (Lipinski definition) is 3. The highest BCUT2D eigenvalue weighted by Crippen LogP contribution is 2.30. The SMILES string of the molecule is CCNC(=O)c1cccc(NC(=O)CN2CCNCC2c2ccccc2OC)c1. The average molecular weight is 396 g/mol. The Hall–Kier alpha value is -2.90. The van der Waals surface area contributed by atoms with Gasteiger partial charge in [0.25, 0.3) is 5.91 Å². The number of ether oxygens (including phenoxy) is 1. The number of nitrogens with one attached hydrogen (secondary N) is 3. The molecule has 0 saturated carbocycles. The van der Waals surface area contributed by atoms with Gasteiger partial charge in [-0.2, -0.15) is 0 Å². The zero-order valence-corrected chi connectivity index (χ0v) is 16.9. The molecule has 2 amide bonds. The van der Waals surface area contributed by atoms with Gasteiger partial charge in [0, 0.05) is 43.0 Å². The number of carbonyl (C=O) groups is 2. The summed E-state index contributed by atoms with van der Waals surface area (Å²) in [5.74, 6) is 0.558. The van der Waals surface area contributed by atoms with Gasteiger partial charge in [0.15, 0.2) is 0 Å². The van der Waals surface area contributed by atoms with Crippen molar-refractivity contribution >= 4 is 17.5 Å². The first-order valence-electron chi connectivity index (χ1n) is 9.88. The second-order valence-corrected chi connectivity index (χ2v) is 6.92. The van der Waals surface area contributed by atoms with Crippen LogP contribution < -0.4 is 20.7 Å². The molecule has 3 rings (SSSR count). The first kappa shape index (κ1) is 20.8. The molecule has 7 nitrogen and oxygen atoms in total. The van der Waals surface area contributed by atoms with Crippen molar-refractivity contribution in [1.29, 1.82) is 0 Å². The Kier molecular flexibility index (Phi) is 7.21. The van der Waals surface area contributed by atoms with Gasteiger partial charge in [-0.3, -0.25) is 14.5 Å². The van der Waals surface area contributed by atoms with E-state index in [1.807, 2.05) is 31.2 Å². The molecule has 1 atom stereocenters. The number of para-hydroxylation sites is 1. The van der Waals surface area contributed by atoms with E-state index in [4.69, 9.17) is 4.74 Å². The summed E-state index contributed by atoms with van der Waals surface area (Å²) in [6, 6.07) is 14.9. The number of nitrogens with zero attached hydrogens (tertiary/aromatic N) is 1. The average Bonchev–Trinajstić information content (AvgIpc) is 2.74. The van der Waals surface area contributed by atoms with Gasteiger partial charge in [-0.15, -0.1) is 0 Å². The summed E-state index contributed by atoms with van der Waals surface area (Å²) in [7, 11) is 1.66. The van der Waals surface area contributed by atoms with Gasteiger partial charge in [0.1, 0.15) is 5.75 Å². The maximum absolute atomic E-state index is 12.7. The molecule has 154 valence electrons. The number of hydrogen-bond acceptors (Lipinski definition) is 5. The van der Waals surface area contributed by atoms with E-state index in [1.165, 1.54) is 0 Å². The Bertz CT molecular complexity index is 855. The van der Waals surface area contributed by atoms with Crippen molar-refractivity contribution in [3.05, 3.63) is 59.7 Å². The lowest BCUT2D eigenvalue weighted by Crippen LogP contribution is -2.48. The number of rotatable bonds is 7. The van der Waals surface area contributed by atoms with E-state index in [-0.39, 0.29) is 24.4 Å². The van der Waals surface area contributed by atoms with Crippen molar-refractivity contribution in [2.75, 3.05) is 45.2 Å². The molecule has 1 fully saturated rings. The van der Waals surface area contributed by atoms with Crippen LogP contribution in [0.1, 0.15) is 28.9 Å². The van der Waals surface area contributed by atoms with Crippen LogP contribution in [0.5, 0.6) is 5.75 Å². The summed E-state index contributed by atoms with van der Waals surface area (Å²) in [4.78, 5) is 26.9. The molecular weight excluding hydrogens is 368 g/mol. The Morgan fingerprint density at radius 1 is 1.21 bits per heavy atom. The summed E-state index contributed by atoms with van der Waals surface area (Å²) in [6.07, 6.45) is 0. The fourth-order valence-electron chi connectivity index (χ4n) is 3.57. The van der Waals surface area contributed by atoms with Gasteiger partial charge in [-0.1, -0.05) is 24.3 Å². The number of benzene rings is 2. The van der Waals surface area contributed by atoms with Crippen LogP contribution >= 0.6 is 0 Å². The Morgan fingerprint density at radius 2 is 2.03 bits per heavy atom. The normalized spacial score (nSPS) is 16.8. The van der Waals surface area contributed by atoms with Crippen LogP contribution in [0.4, 0.5) is 5.69 Å². The van der Waals surface area contributed by atoms with E-state index in [9.17, 15) is 9.59 Å². The smallest absolute Gasteiger partial charge is 0.251 e. The molecule has 1 heterocycles. The summed E-state index contributed by atoms with van der Waals surface area (Å²) in [6.45, 7) is 5.02. The third-order valence-corrected chi connectivity index (χ3v) is 4.94. The van der Waals surface area contributed by atoms with Crippen LogP contribution in [0.3, 0.4) is 0 Å². The molecule has 1 aliphatic rings. The first-order chi connectivity index (χ1) is 14.1. The monoisotopic (exact) mass is 396 g/mol. The van der Waals surface area contributed by atoms with Crippen LogP contribution in [0.15, 0.2) is 48.5 Å². The molecule has 2 aromatic rings. The highest BCUT2D eigenvalue weighted by molar-refractivity contribution is 5.97. The summed E-state index contributed by atoms with van der Waals surface area (Å²) in [5, 5.41) is 9.08. The lowest BCUT2D eigenvalue weighted by atomic mass is 10.0. The number of piperazine rings is 1. The first-order valence-corrected chi connectivity index (χ1v) is 9.88. The fourth-order valence-corrected chi connectivity index (χ4v) is 3.57. The lowest BCUT2D eigenvalue weighted by Gasteiger charge is -2.36. The summed E-state index contributed by atoms with van der Waals surface area (Å²) >= 11 is 0. The van der Waals surface area contributed by atoms with Gasteiger partial charge in [-0.05, 0) is 31.2 Å². The Morgan fingerprint density at radius 3 is 2.83 bits per heavy atom. The van der Waals surface area contributed by atoms with Crippen molar-refractivity contribution in [3.8, 4) is 5.75 Å². The number of carbonyl (C=O) groups excluding carboxylic acids is 2. The molecule has 0 spiro atoms.